The number of nitrogens with one attached hydrogen (secondary N) is 1. The van der Waals surface area contributed by atoms with Crippen LogP contribution in [0, 0.1) is 10.1 Å². The van der Waals surface area contributed by atoms with E-state index in [-0.39, 0.29) is 28.9 Å². The van der Waals surface area contributed by atoms with Crippen LogP contribution in [0.1, 0.15) is 24.8 Å². The summed E-state index contributed by atoms with van der Waals surface area (Å²) in [7, 11) is 0. The molecule has 0 saturated heterocycles. The maximum Gasteiger partial charge on any atom is 0.271 e. The third-order valence-corrected chi connectivity index (χ3v) is 3.38. The fourth-order valence-corrected chi connectivity index (χ4v) is 2.22. The van der Waals surface area contributed by atoms with Crippen molar-refractivity contribution in [3.63, 3.8) is 0 Å². The minimum Gasteiger partial charge on any atom is -0.506 e. The van der Waals surface area contributed by atoms with Crippen molar-refractivity contribution in [1.29, 1.82) is 0 Å². The average molecular weight is 300 g/mol. The number of phenols is 1. The van der Waals surface area contributed by atoms with E-state index >= 15 is 0 Å². The van der Waals surface area contributed by atoms with Crippen molar-refractivity contribution in [1.82, 2.24) is 0 Å². The minimum atomic E-state index is -0.580. The van der Waals surface area contributed by atoms with E-state index in [9.17, 15) is 20.0 Å². The number of phenolic OH excluding ortho intramolecular Hbond substituents is 1. The van der Waals surface area contributed by atoms with Crippen molar-refractivity contribution in [3.05, 3.63) is 64.2 Å². The number of amides is 1. The van der Waals surface area contributed by atoms with Crippen LogP contribution < -0.4 is 5.32 Å². The summed E-state index contributed by atoms with van der Waals surface area (Å²) in [6.45, 7) is 1.88. The van der Waals surface area contributed by atoms with Crippen molar-refractivity contribution < 1.29 is 14.8 Å². The van der Waals surface area contributed by atoms with E-state index < -0.39 is 4.92 Å². The Morgan fingerprint density at radius 1 is 1.27 bits per heavy atom. The predicted octanol–water partition coefficient (Wildman–Crippen LogP) is 3.43. The van der Waals surface area contributed by atoms with Gasteiger partial charge in [-0.15, -0.1) is 0 Å². The Balaban J connectivity index is 2.24. The van der Waals surface area contributed by atoms with Crippen molar-refractivity contribution >= 4 is 17.3 Å². The molecule has 6 heteroatoms. The number of anilines is 1. The van der Waals surface area contributed by atoms with E-state index in [0.29, 0.717) is 6.42 Å². The third kappa shape index (κ3) is 3.41. The number of carbonyl (C=O) groups is 1. The van der Waals surface area contributed by atoms with Gasteiger partial charge in [-0.05, 0) is 18.1 Å². The molecule has 114 valence electrons. The molecule has 2 aromatic carbocycles. The van der Waals surface area contributed by atoms with Gasteiger partial charge in [0.1, 0.15) is 5.75 Å². The zero-order valence-electron chi connectivity index (χ0n) is 12.0. The lowest BCUT2D eigenvalue weighted by molar-refractivity contribution is -0.384. The SMILES string of the molecule is CCC(C(=O)Nc1cc([N+](=O)[O-])ccc1O)c1ccccc1. The van der Waals surface area contributed by atoms with Gasteiger partial charge in [-0.25, -0.2) is 0 Å². The van der Waals surface area contributed by atoms with Gasteiger partial charge in [0.15, 0.2) is 0 Å². The molecule has 0 aromatic heterocycles. The highest BCUT2D eigenvalue weighted by atomic mass is 16.6. The van der Waals surface area contributed by atoms with E-state index in [2.05, 4.69) is 5.32 Å². The normalized spacial score (nSPS) is 11.7. The molecule has 22 heavy (non-hydrogen) atoms. The highest BCUT2D eigenvalue weighted by Gasteiger charge is 2.20. The summed E-state index contributed by atoms with van der Waals surface area (Å²) in [5.41, 5.74) is 0.696. The molecule has 0 radical (unpaired) electrons. The van der Waals surface area contributed by atoms with Gasteiger partial charge < -0.3 is 10.4 Å². The van der Waals surface area contributed by atoms with Gasteiger partial charge in [-0.3, -0.25) is 14.9 Å². The molecule has 0 spiro atoms. The third-order valence-electron chi connectivity index (χ3n) is 3.38. The number of nitrogens with zero attached hydrogens (tertiary/aromatic N) is 1. The molecule has 0 aliphatic heterocycles. The van der Waals surface area contributed by atoms with Crippen molar-refractivity contribution in [2.45, 2.75) is 19.3 Å². The smallest absolute Gasteiger partial charge is 0.271 e. The highest BCUT2D eigenvalue weighted by molar-refractivity contribution is 5.97. The van der Waals surface area contributed by atoms with Gasteiger partial charge in [0.05, 0.1) is 16.5 Å². The first-order chi connectivity index (χ1) is 10.5. The maximum atomic E-state index is 12.4. The summed E-state index contributed by atoms with van der Waals surface area (Å²) in [5, 5.41) is 23.1. The second-order valence-corrected chi connectivity index (χ2v) is 4.82. The molecule has 0 bridgehead atoms. The number of hydrogen-bond acceptors (Lipinski definition) is 4. The Labute approximate surface area is 127 Å². The molecular weight excluding hydrogens is 284 g/mol. The zero-order valence-corrected chi connectivity index (χ0v) is 12.0. The molecule has 2 rings (SSSR count). The van der Waals surface area contributed by atoms with Crippen LogP contribution >= 0.6 is 0 Å². The predicted molar refractivity (Wildman–Crippen MR) is 82.9 cm³/mol. The Hall–Kier alpha value is -2.89. The van der Waals surface area contributed by atoms with Gasteiger partial charge in [-0.1, -0.05) is 37.3 Å². The molecule has 0 aliphatic carbocycles. The molecule has 2 N–H and O–H groups in total. The Bertz CT molecular complexity index is 686. The molecule has 2 aromatic rings. The number of nitro benzene ring substituents is 1. The molecule has 1 amide bonds. The Morgan fingerprint density at radius 3 is 2.55 bits per heavy atom. The zero-order chi connectivity index (χ0) is 16.1. The quantitative estimate of drug-likeness (QED) is 0.502. The summed E-state index contributed by atoms with van der Waals surface area (Å²) in [4.78, 5) is 22.6. The minimum absolute atomic E-state index is 0.0357. The van der Waals surface area contributed by atoms with Crippen LogP contribution in [0.3, 0.4) is 0 Å². The number of aromatic hydroxyl groups is 1. The van der Waals surface area contributed by atoms with Crippen LogP contribution in [-0.4, -0.2) is 15.9 Å². The van der Waals surface area contributed by atoms with Crippen LogP contribution in [0.5, 0.6) is 5.75 Å². The Morgan fingerprint density at radius 2 is 1.95 bits per heavy atom. The maximum absolute atomic E-state index is 12.4. The van der Waals surface area contributed by atoms with Crippen LogP contribution in [-0.2, 0) is 4.79 Å². The molecule has 6 nitrogen and oxygen atoms in total. The van der Waals surface area contributed by atoms with Gasteiger partial charge >= 0.3 is 0 Å². The lowest BCUT2D eigenvalue weighted by Gasteiger charge is -2.16. The Kier molecular flexibility index (Phi) is 4.73. The monoisotopic (exact) mass is 300 g/mol. The van der Waals surface area contributed by atoms with Gasteiger partial charge in [0, 0.05) is 12.1 Å². The molecular formula is C16H16N2O4. The summed E-state index contributed by atoms with van der Waals surface area (Å²) in [6, 6.07) is 12.8. The number of non-ortho nitro benzene ring substituents is 1. The first-order valence-electron chi connectivity index (χ1n) is 6.86. The van der Waals surface area contributed by atoms with E-state index in [1.54, 1.807) is 0 Å². The molecule has 1 atom stereocenters. The number of hydrogen-bond donors (Lipinski definition) is 2. The molecule has 0 fully saturated rings. The van der Waals surface area contributed by atoms with Gasteiger partial charge in [0.25, 0.3) is 5.69 Å². The standard InChI is InChI=1S/C16H16N2O4/c1-2-13(11-6-4-3-5-7-11)16(20)17-14-10-12(18(21)22)8-9-15(14)19/h3-10,13,19H,2H2,1H3,(H,17,20). The fourth-order valence-electron chi connectivity index (χ4n) is 2.22. The topological polar surface area (TPSA) is 92.5 Å². The van der Waals surface area contributed by atoms with Gasteiger partial charge in [-0.2, -0.15) is 0 Å². The second-order valence-electron chi connectivity index (χ2n) is 4.82. The molecule has 0 saturated carbocycles. The lowest BCUT2D eigenvalue weighted by Crippen LogP contribution is -2.20. The van der Waals surface area contributed by atoms with E-state index in [1.807, 2.05) is 37.3 Å². The molecule has 0 aliphatic rings. The van der Waals surface area contributed by atoms with Crippen LogP contribution in [0.15, 0.2) is 48.5 Å². The summed E-state index contributed by atoms with van der Waals surface area (Å²) < 4.78 is 0. The lowest BCUT2D eigenvalue weighted by atomic mass is 9.95. The van der Waals surface area contributed by atoms with E-state index in [0.717, 1.165) is 11.6 Å². The van der Waals surface area contributed by atoms with E-state index in [4.69, 9.17) is 0 Å². The van der Waals surface area contributed by atoms with Crippen LogP contribution in [0.2, 0.25) is 0 Å². The van der Waals surface area contributed by atoms with Crippen molar-refractivity contribution in [3.8, 4) is 5.75 Å². The number of rotatable bonds is 5. The first kappa shape index (κ1) is 15.5. The number of benzene rings is 2. The van der Waals surface area contributed by atoms with Crippen LogP contribution in [0.25, 0.3) is 0 Å². The fraction of sp³-hybridized carbons (Fsp3) is 0.188. The summed E-state index contributed by atoms with van der Waals surface area (Å²) in [5.74, 6) is -0.911. The molecule has 0 heterocycles. The average Bonchev–Trinajstić information content (AvgIpc) is 2.51. The largest absolute Gasteiger partial charge is 0.506 e. The first-order valence-corrected chi connectivity index (χ1v) is 6.86. The second kappa shape index (κ2) is 6.71. The molecule has 1 unspecified atom stereocenters. The number of carbonyl (C=O) groups excluding carboxylic acids is 1. The van der Waals surface area contributed by atoms with Crippen LogP contribution in [0.4, 0.5) is 11.4 Å². The highest BCUT2D eigenvalue weighted by Crippen LogP contribution is 2.29. The van der Waals surface area contributed by atoms with Gasteiger partial charge in [0.2, 0.25) is 5.91 Å². The van der Waals surface area contributed by atoms with E-state index in [1.165, 1.54) is 12.1 Å². The summed E-state index contributed by atoms with van der Waals surface area (Å²) >= 11 is 0. The summed E-state index contributed by atoms with van der Waals surface area (Å²) in [6.07, 6.45) is 0.575. The number of nitro groups is 1. The van der Waals surface area contributed by atoms with Crippen molar-refractivity contribution in [2.24, 2.45) is 0 Å². The van der Waals surface area contributed by atoms with Crippen molar-refractivity contribution in [2.75, 3.05) is 5.32 Å².